The maximum atomic E-state index is 4.26. The van der Waals surface area contributed by atoms with E-state index in [1.54, 1.807) is 11.3 Å². The zero-order valence-electron chi connectivity index (χ0n) is 9.61. The minimum absolute atomic E-state index is 0.765. The average Bonchev–Trinajstić information content (AvgIpc) is 2.78. The van der Waals surface area contributed by atoms with E-state index in [0.717, 1.165) is 28.5 Å². The lowest BCUT2D eigenvalue weighted by Crippen LogP contribution is -2.05. The number of nitrogens with one attached hydrogen (secondary N) is 1. The molecule has 16 heavy (non-hydrogen) atoms. The van der Waals surface area contributed by atoms with E-state index in [9.17, 15) is 0 Å². The quantitative estimate of drug-likeness (QED) is 0.884. The molecule has 0 unspecified atom stereocenters. The van der Waals surface area contributed by atoms with Crippen LogP contribution in [-0.4, -0.2) is 22.2 Å². The molecule has 2 aromatic heterocycles. The van der Waals surface area contributed by atoms with Crippen molar-refractivity contribution in [3.8, 4) is 0 Å². The van der Waals surface area contributed by atoms with Crippen LogP contribution in [0, 0.1) is 13.8 Å². The summed E-state index contributed by atoms with van der Waals surface area (Å²) in [5.41, 5.74) is 3.35. The van der Waals surface area contributed by atoms with Crippen molar-refractivity contribution < 1.29 is 0 Å². The van der Waals surface area contributed by atoms with Gasteiger partial charge in [0.15, 0.2) is 5.82 Å². The summed E-state index contributed by atoms with van der Waals surface area (Å²) in [6.07, 6.45) is 2.58. The Morgan fingerprint density at radius 2 is 2.06 bits per heavy atom. The summed E-state index contributed by atoms with van der Waals surface area (Å²) in [7, 11) is 1.86. The van der Waals surface area contributed by atoms with Gasteiger partial charge in [-0.3, -0.25) is 0 Å². The van der Waals surface area contributed by atoms with E-state index >= 15 is 0 Å². The number of hydrogen-bond donors (Lipinski definition) is 1. The van der Waals surface area contributed by atoms with Crippen LogP contribution < -0.4 is 5.32 Å². The topological polar surface area (TPSA) is 50.7 Å². The highest BCUT2D eigenvalue weighted by Gasteiger charge is 2.10. The van der Waals surface area contributed by atoms with Gasteiger partial charge >= 0.3 is 0 Å². The van der Waals surface area contributed by atoms with Crippen molar-refractivity contribution in [2.45, 2.75) is 20.3 Å². The highest BCUT2D eigenvalue weighted by Crippen LogP contribution is 2.19. The van der Waals surface area contributed by atoms with Gasteiger partial charge in [-0.2, -0.15) is 5.10 Å². The molecule has 0 atom stereocenters. The first-order valence-corrected chi connectivity index (χ1v) is 5.99. The Balaban J connectivity index is 2.32. The highest BCUT2D eigenvalue weighted by molar-refractivity contribution is 7.09. The van der Waals surface area contributed by atoms with Crippen LogP contribution in [0.3, 0.4) is 0 Å². The van der Waals surface area contributed by atoms with E-state index in [2.05, 4.69) is 34.3 Å². The van der Waals surface area contributed by atoms with E-state index in [1.165, 1.54) is 5.56 Å². The van der Waals surface area contributed by atoms with Crippen molar-refractivity contribution in [2.24, 2.45) is 0 Å². The number of nitrogens with zero attached hydrogens (tertiary/aromatic N) is 3. The maximum Gasteiger partial charge on any atom is 0.151 e. The Morgan fingerprint density at radius 3 is 2.69 bits per heavy atom. The summed E-state index contributed by atoms with van der Waals surface area (Å²) < 4.78 is 0. The first kappa shape index (κ1) is 11.0. The van der Waals surface area contributed by atoms with Gasteiger partial charge in [0.25, 0.3) is 0 Å². The largest absolute Gasteiger partial charge is 0.371 e. The Kier molecular flexibility index (Phi) is 3.14. The number of thiazole rings is 1. The molecule has 0 saturated heterocycles. The molecule has 4 nitrogen and oxygen atoms in total. The lowest BCUT2D eigenvalue weighted by molar-refractivity contribution is 0.903. The van der Waals surface area contributed by atoms with Gasteiger partial charge in [-0.15, -0.1) is 16.4 Å². The number of hydrogen-bond acceptors (Lipinski definition) is 5. The van der Waals surface area contributed by atoms with Crippen molar-refractivity contribution in [3.63, 3.8) is 0 Å². The van der Waals surface area contributed by atoms with Crippen LogP contribution in [0.2, 0.25) is 0 Å². The Hall–Kier alpha value is -1.49. The fraction of sp³-hybridized carbons (Fsp3) is 0.364. The lowest BCUT2D eigenvalue weighted by atomic mass is 10.1. The molecule has 0 aliphatic carbocycles. The third-order valence-electron chi connectivity index (χ3n) is 2.66. The fourth-order valence-corrected chi connectivity index (χ4v) is 2.16. The van der Waals surface area contributed by atoms with Gasteiger partial charge in [-0.1, -0.05) is 0 Å². The van der Waals surface area contributed by atoms with Crippen LogP contribution in [0.15, 0.2) is 11.6 Å². The van der Waals surface area contributed by atoms with Crippen molar-refractivity contribution >= 4 is 17.2 Å². The lowest BCUT2D eigenvalue weighted by Gasteiger charge is -2.09. The molecular formula is C11H14N4S. The smallest absolute Gasteiger partial charge is 0.151 e. The molecular weight excluding hydrogens is 220 g/mol. The Labute approximate surface area is 98.8 Å². The van der Waals surface area contributed by atoms with Crippen LogP contribution >= 0.6 is 11.3 Å². The zero-order chi connectivity index (χ0) is 11.5. The summed E-state index contributed by atoms with van der Waals surface area (Å²) in [4.78, 5) is 4.26. The fourth-order valence-electron chi connectivity index (χ4n) is 1.54. The van der Waals surface area contributed by atoms with Crippen molar-refractivity contribution in [1.82, 2.24) is 15.2 Å². The zero-order valence-corrected chi connectivity index (χ0v) is 10.4. The molecule has 0 spiro atoms. The molecule has 5 heteroatoms. The van der Waals surface area contributed by atoms with E-state index < -0.39 is 0 Å². The van der Waals surface area contributed by atoms with Gasteiger partial charge in [0, 0.05) is 25.0 Å². The standard InChI is InChI=1S/C11H14N4S/c1-7-8(2)11(12-3)15-14-9(7)6-10-13-4-5-16-10/h4-5H,6H2,1-3H3,(H,12,15). The second-order valence-electron chi connectivity index (χ2n) is 3.60. The molecule has 0 aliphatic rings. The molecule has 0 radical (unpaired) electrons. The van der Waals surface area contributed by atoms with Gasteiger partial charge in [-0.05, 0) is 25.0 Å². The number of rotatable bonds is 3. The first-order chi connectivity index (χ1) is 7.72. The van der Waals surface area contributed by atoms with Crippen molar-refractivity contribution in [1.29, 1.82) is 0 Å². The molecule has 2 rings (SSSR count). The van der Waals surface area contributed by atoms with Gasteiger partial charge in [0.05, 0.1) is 10.7 Å². The van der Waals surface area contributed by atoms with Gasteiger partial charge in [0.1, 0.15) is 0 Å². The molecule has 0 saturated carbocycles. The minimum atomic E-state index is 0.765. The molecule has 0 aromatic carbocycles. The van der Waals surface area contributed by atoms with Crippen molar-refractivity contribution in [2.75, 3.05) is 12.4 Å². The van der Waals surface area contributed by atoms with Gasteiger partial charge in [0.2, 0.25) is 0 Å². The third-order valence-corrected chi connectivity index (χ3v) is 3.44. The third kappa shape index (κ3) is 2.04. The van der Waals surface area contributed by atoms with Crippen LogP contribution in [0.5, 0.6) is 0 Å². The van der Waals surface area contributed by atoms with E-state index in [-0.39, 0.29) is 0 Å². The average molecular weight is 234 g/mol. The molecule has 1 N–H and O–H groups in total. The summed E-state index contributed by atoms with van der Waals surface area (Å²) in [5, 5.41) is 14.5. The van der Waals surface area contributed by atoms with Gasteiger partial charge < -0.3 is 5.32 Å². The summed E-state index contributed by atoms with van der Waals surface area (Å²) >= 11 is 1.65. The normalized spacial score (nSPS) is 10.4. The Bertz CT molecular complexity index is 479. The number of anilines is 1. The molecule has 84 valence electrons. The summed E-state index contributed by atoms with van der Waals surface area (Å²) in [5.74, 6) is 0.848. The van der Waals surface area contributed by atoms with E-state index in [0.29, 0.717) is 0 Å². The number of aromatic nitrogens is 3. The van der Waals surface area contributed by atoms with Crippen LogP contribution in [0.4, 0.5) is 5.82 Å². The Morgan fingerprint density at radius 1 is 1.25 bits per heavy atom. The molecule has 0 aliphatic heterocycles. The summed E-state index contributed by atoms with van der Waals surface area (Å²) in [6, 6.07) is 0. The first-order valence-electron chi connectivity index (χ1n) is 5.11. The van der Waals surface area contributed by atoms with E-state index in [1.807, 2.05) is 18.6 Å². The second kappa shape index (κ2) is 4.57. The van der Waals surface area contributed by atoms with Gasteiger partial charge in [-0.25, -0.2) is 4.98 Å². The second-order valence-corrected chi connectivity index (χ2v) is 4.58. The minimum Gasteiger partial charge on any atom is -0.371 e. The van der Waals surface area contributed by atoms with Crippen LogP contribution in [0.1, 0.15) is 21.8 Å². The predicted octanol–water partition coefficient (Wildman–Crippen LogP) is 2.18. The molecule has 0 amide bonds. The highest BCUT2D eigenvalue weighted by atomic mass is 32.1. The van der Waals surface area contributed by atoms with Crippen LogP contribution in [0.25, 0.3) is 0 Å². The molecule has 0 fully saturated rings. The maximum absolute atomic E-state index is 4.26. The predicted molar refractivity (Wildman–Crippen MR) is 66.0 cm³/mol. The molecule has 2 aromatic rings. The van der Waals surface area contributed by atoms with Crippen molar-refractivity contribution in [3.05, 3.63) is 33.4 Å². The molecule has 0 bridgehead atoms. The molecule has 2 heterocycles. The SMILES string of the molecule is CNc1nnc(Cc2nccs2)c(C)c1C. The monoisotopic (exact) mass is 234 g/mol. The van der Waals surface area contributed by atoms with Crippen LogP contribution in [-0.2, 0) is 6.42 Å². The summed E-state index contributed by atoms with van der Waals surface area (Å²) in [6.45, 7) is 4.13. The van der Waals surface area contributed by atoms with E-state index in [4.69, 9.17) is 0 Å².